The Kier molecular flexibility index (Phi) is 10.3. The highest BCUT2D eigenvalue weighted by Crippen LogP contribution is 2.05. The van der Waals surface area contributed by atoms with Gasteiger partial charge in [0.1, 0.15) is 0 Å². The molecule has 1 rings (SSSR count). The lowest BCUT2D eigenvalue weighted by Crippen LogP contribution is -2.37. The molecule has 1 aromatic rings. The number of rotatable bonds is 10. The van der Waals surface area contributed by atoms with Crippen LogP contribution in [-0.2, 0) is 11.3 Å². The Bertz CT molecular complexity index is 546. The molecule has 0 fully saturated rings. The van der Waals surface area contributed by atoms with E-state index in [0.717, 1.165) is 37.6 Å². The molecule has 0 saturated carbocycles. The monoisotopic (exact) mass is 349 g/mol. The molecule has 1 aromatic carbocycles. The van der Waals surface area contributed by atoms with E-state index in [-0.39, 0.29) is 5.91 Å². The van der Waals surface area contributed by atoms with Gasteiger partial charge in [0, 0.05) is 52.5 Å². The van der Waals surface area contributed by atoms with Crippen molar-refractivity contribution >= 4 is 11.9 Å². The summed E-state index contributed by atoms with van der Waals surface area (Å²) in [5.41, 5.74) is 1.70. The minimum Gasteiger partial charge on any atom is -0.385 e. The van der Waals surface area contributed by atoms with Gasteiger partial charge < -0.3 is 25.6 Å². The van der Waals surface area contributed by atoms with Crippen LogP contribution in [0.3, 0.4) is 0 Å². The standard InChI is InChI=1S/C18H31N5O2/c1-19-18(21-9-6-12-25-4)22-14-15-7-5-8-16(13-15)17(24)20-10-11-23(2)3/h5,7-8,13H,6,9-12,14H2,1-4H3,(H,20,24)(H2,19,21,22). The summed E-state index contributed by atoms with van der Waals surface area (Å²) in [7, 11) is 7.39. The summed E-state index contributed by atoms with van der Waals surface area (Å²) in [5, 5.41) is 9.40. The van der Waals surface area contributed by atoms with E-state index >= 15 is 0 Å². The highest BCUT2D eigenvalue weighted by atomic mass is 16.5. The molecule has 0 aliphatic heterocycles. The minimum atomic E-state index is -0.0502. The van der Waals surface area contributed by atoms with E-state index in [4.69, 9.17) is 4.74 Å². The number of guanidine groups is 1. The van der Waals surface area contributed by atoms with Crippen LogP contribution < -0.4 is 16.0 Å². The number of methoxy groups -OCH3 is 1. The van der Waals surface area contributed by atoms with Gasteiger partial charge in [-0.3, -0.25) is 9.79 Å². The molecule has 0 heterocycles. The maximum Gasteiger partial charge on any atom is 0.251 e. The normalized spacial score (nSPS) is 11.5. The average Bonchev–Trinajstić information content (AvgIpc) is 2.61. The third-order valence-electron chi connectivity index (χ3n) is 3.53. The second-order valence-corrected chi connectivity index (χ2v) is 5.96. The van der Waals surface area contributed by atoms with Gasteiger partial charge in [0.05, 0.1) is 0 Å². The number of carbonyl (C=O) groups excluding carboxylic acids is 1. The fourth-order valence-electron chi connectivity index (χ4n) is 2.15. The first-order chi connectivity index (χ1) is 12.1. The number of hydrogen-bond donors (Lipinski definition) is 3. The van der Waals surface area contributed by atoms with Crippen LogP contribution in [0.25, 0.3) is 0 Å². The first-order valence-electron chi connectivity index (χ1n) is 8.52. The fourth-order valence-corrected chi connectivity index (χ4v) is 2.15. The van der Waals surface area contributed by atoms with E-state index in [2.05, 4.69) is 20.9 Å². The number of amides is 1. The smallest absolute Gasteiger partial charge is 0.251 e. The SMILES string of the molecule is CN=C(NCCCOC)NCc1cccc(C(=O)NCCN(C)C)c1. The number of nitrogens with one attached hydrogen (secondary N) is 3. The van der Waals surface area contributed by atoms with Crippen molar-refractivity contribution in [2.45, 2.75) is 13.0 Å². The van der Waals surface area contributed by atoms with Crippen LogP contribution in [0.1, 0.15) is 22.3 Å². The molecule has 0 aliphatic carbocycles. The predicted molar refractivity (Wildman–Crippen MR) is 102 cm³/mol. The van der Waals surface area contributed by atoms with Gasteiger partial charge >= 0.3 is 0 Å². The molecule has 0 saturated heterocycles. The molecule has 140 valence electrons. The molecular formula is C18H31N5O2. The summed E-state index contributed by atoms with van der Waals surface area (Å²) in [6, 6.07) is 7.61. The zero-order chi connectivity index (χ0) is 18.5. The third-order valence-corrected chi connectivity index (χ3v) is 3.53. The van der Waals surface area contributed by atoms with E-state index in [9.17, 15) is 4.79 Å². The molecule has 7 nitrogen and oxygen atoms in total. The average molecular weight is 349 g/mol. The Balaban J connectivity index is 2.47. The van der Waals surface area contributed by atoms with Crippen molar-refractivity contribution in [1.82, 2.24) is 20.9 Å². The zero-order valence-electron chi connectivity index (χ0n) is 15.8. The Morgan fingerprint density at radius 3 is 2.68 bits per heavy atom. The van der Waals surface area contributed by atoms with Crippen LogP contribution in [0.2, 0.25) is 0 Å². The number of ether oxygens (including phenoxy) is 1. The van der Waals surface area contributed by atoms with Crippen molar-refractivity contribution in [1.29, 1.82) is 0 Å². The van der Waals surface area contributed by atoms with Gasteiger partial charge in [-0.25, -0.2) is 0 Å². The summed E-state index contributed by atoms with van der Waals surface area (Å²) in [6.07, 6.45) is 0.916. The number of nitrogens with zero attached hydrogens (tertiary/aromatic N) is 2. The highest BCUT2D eigenvalue weighted by Gasteiger charge is 2.06. The predicted octanol–water partition coefficient (Wildman–Crippen LogP) is 0.680. The minimum absolute atomic E-state index is 0.0502. The number of hydrogen-bond acceptors (Lipinski definition) is 4. The van der Waals surface area contributed by atoms with Gasteiger partial charge in [0.2, 0.25) is 0 Å². The van der Waals surface area contributed by atoms with Crippen molar-refractivity contribution in [2.75, 3.05) is 54.5 Å². The molecule has 0 atom stereocenters. The quantitative estimate of drug-likeness (QED) is 0.329. The Morgan fingerprint density at radius 2 is 2.00 bits per heavy atom. The lowest BCUT2D eigenvalue weighted by molar-refractivity contribution is 0.0951. The number of aliphatic imine (C=N–C) groups is 1. The van der Waals surface area contributed by atoms with Crippen LogP contribution in [-0.4, -0.2) is 71.3 Å². The van der Waals surface area contributed by atoms with Crippen molar-refractivity contribution < 1.29 is 9.53 Å². The second kappa shape index (κ2) is 12.3. The molecular weight excluding hydrogens is 318 g/mol. The van der Waals surface area contributed by atoms with Gasteiger partial charge in [-0.2, -0.15) is 0 Å². The molecule has 0 aliphatic rings. The zero-order valence-corrected chi connectivity index (χ0v) is 15.8. The van der Waals surface area contributed by atoms with Crippen LogP contribution >= 0.6 is 0 Å². The van der Waals surface area contributed by atoms with Crippen molar-refractivity contribution in [3.05, 3.63) is 35.4 Å². The third kappa shape index (κ3) is 9.07. The highest BCUT2D eigenvalue weighted by molar-refractivity contribution is 5.94. The molecule has 0 aromatic heterocycles. The van der Waals surface area contributed by atoms with Gasteiger partial charge in [0.25, 0.3) is 5.91 Å². The molecule has 1 amide bonds. The number of benzene rings is 1. The summed E-state index contributed by atoms with van der Waals surface area (Å²) < 4.78 is 5.02. The summed E-state index contributed by atoms with van der Waals surface area (Å²) in [6.45, 7) is 3.56. The largest absolute Gasteiger partial charge is 0.385 e. The van der Waals surface area contributed by atoms with Gasteiger partial charge in [-0.1, -0.05) is 12.1 Å². The first kappa shape index (κ1) is 20.9. The van der Waals surface area contributed by atoms with Crippen molar-refractivity contribution in [2.24, 2.45) is 4.99 Å². The van der Waals surface area contributed by atoms with Crippen LogP contribution in [0.5, 0.6) is 0 Å². The molecule has 25 heavy (non-hydrogen) atoms. The maximum atomic E-state index is 12.2. The molecule has 0 radical (unpaired) electrons. The second-order valence-electron chi connectivity index (χ2n) is 5.96. The van der Waals surface area contributed by atoms with Gasteiger partial charge in [-0.05, 0) is 38.2 Å². The number of likely N-dealkylation sites (N-methyl/N-ethyl adjacent to an activating group) is 1. The van der Waals surface area contributed by atoms with Crippen molar-refractivity contribution in [3.8, 4) is 0 Å². The van der Waals surface area contributed by atoms with Crippen LogP contribution in [0, 0.1) is 0 Å². The summed E-state index contributed by atoms with van der Waals surface area (Å²) in [4.78, 5) is 18.4. The fraction of sp³-hybridized carbons (Fsp3) is 0.556. The topological polar surface area (TPSA) is 78.0 Å². The summed E-state index contributed by atoms with van der Waals surface area (Å²) in [5.74, 6) is 0.683. The van der Waals surface area contributed by atoms with Crippen molar-refractivity contribution in [3.63, 3.8) is 0 Å². The van der Waals surface area contributed by atoms with Crippen LogP contribution in [0.4, 0.5) is 0 Å². The van der Waals surface area contributed by atoms with E-state index < -0.39 is 0 Å². The first-order valence-corrected chi connectivity index (χ1v) is 8.52. The van der Waals surface area contributed by atoms with E-state index in [1.807, 2.05) is 43.3 Å². The Hall–Kier alpha value is -2.12. The number of carbonyl (C=O) groups is 1. The lowest BCUT2D eigenvalue weighted by Gasteiger charge is -2.13. The maximum absolute atomic E-state index is 12.2. The molecule has 0 bridgehead atoms. The van der Waals surface area contributed by atoms with E-state index in [0.29, 0.717) is 18.7 Å². The van der Waals surface area contributed by atoms with Gasteiger partial charge in [0.15, 0.2) is 5.96 Å². The molecule has 3 N–H and O–H groups in total. The van der Waals surface area contributed by atoms with Gasteiger partial charge in [-0.15, -0.1) is 0 Å². The summed E-state index contributed by atoms with van der Waals surface area (Å²) >= 11 is 0. The van der Waals surface area contributed by atoms with Crippen LogP contribution in [0.15, 0.2) is 29.3 Å². The Labute approximate surface area is 150 Å². The van der Waals surface area contributed by atoms with E-state index in [1.54, 1.807) is 14.2 Å². The Morgan fingerprint density at radius 1 is 1.20 bits per heavy atom. The van der Waals surface area contributed by atoms with E-state index in [1.165, 1.54) is 0 Å². The molecule has 0 unspecified atom stereocenters. The molecule has 0 spiro atoms. The molecule has 7 heteroatoms. The lowest BCUT2D eigenvalue weighted by atomic mass is 10.1.